The molecule has 1 heterocycles. The summed E-state index contributed by atoms with van der Waals surface area (Å²) < 4.78 is 37.1. The molecule has 7 nitrogen and oxygen atoms in total. The number of nitrogens with zero attached hydrogens (tertiary/aromatic N) is 1. The number of aryl methyl sites for hydroxylation is 2. The highest BCUT2D eigenvalue weighted by atomic mass is 32.2. The van der Waals surface area contributed by atoms with Crippen LogP contribution in [0.4, 0.5) is 10.8 Å². The van der Waals surface area contributed by atoms with E-state index in [0.29, 0.717) is 11.5 Å². The van der Waals surface area contributed by atoms with Gasteiger partial charge in [0.25, 0.3) is 0 Å². The molecule has 0 radical (unpaired) electrons. The highest BCUT2D eigenvalue weighted by Crippen LogP contribution is 2.33. The third-order valence-electron chi connectivity index (χ3n) is 6.45. The highest BCUT2D eigenvalue weighted by molar-refractivity contribution is 7.91. The summed E-state index contributed by atoms with van der Waals surface area (Å²) in [6, 6.07) is 23.0. The van der Waals surface area contributed by atoms with Crippen LogP contribution in [0.2, 0.25) is 0 Å². The lowest BCUT2D eigenvalue weighted by atomic mass is 9.98. The summed E-state index contributed by atoms with van der Waals surface area (Å²) in [6.07, 6.45) is 3.35. The van der Waals surface area contributed by atoms with Crippen molar-refractivity contribution >= 4 is 38.0 Å². The van der Waals surface area contributed by atoms with Gasteiger partial charge in [-0.3, -0.25) is 4.79 Å². The molecule has 9 heteroatoms. The Morgan fingerprint density at radius 2 is 1.66 bits per heavy atom. The molecule has 0 aliphatic heterocycles. The Bertz CT molecular complexity index is 1480. The Morgan fingerprint density at radius 3 is 2.32 bits per heavy atom. The third kappa shape index (κ3) is 6.23. The van der Waals surface area contributed by atoms with Crippen molar-refractivity contribution < 1.29 is 22.7 Å². The predicted molar refractivity (Wildman–Crippen MR) is 148 cm³/mol. The minimum Gasteiger partial charge on any atom is -0.469 e. The lowest BCUT2D eigenvalue weighted by Gasteiger charge is -2.17. The number of fused-ring (bicyclic) bond motifs is 1. The Morgan fingerprint density at radius 1 is 0.974 bits per heavy atom. The molecule has 5 rings (SSSR count). The predicted octanol–water partition coefficient (Wildman–Crippen LogP) is 6.29. The van der Waals surface area contributed by atoms with E-state index in [1.807, 2.05) is 54.6 Å². The van der Waals surface area contributed by atoms with Gasteiger partial charge in [0.05, 0.1) is 29.9 Å². The van der Waals surface area contributed by atoms with Gasteiger partial charge in [0, 0.05) is 16.5 Å². The first-order valence-electron chi connectivity index (χ1n) is 12.4. The number of ether oxygens (including phenoxy) is 2. The molecule has 3 aromatic carbocycles. The molecule has 1 aliphatic carbocycles. The van der Waals surface area contributed by atoms with Crippen LogP contribution in [-0.2, 0) is 32.2 Å². The van der Waals surface area contributed by atoms with Crippen molar-refractivity contribution in [3.05, 3.63) is 95.0 Å². The summed E-state index contributed by atoms with van der Waals surface area (Å²) in [5, 5.41) is 4.25. The van der Waals surface area contributed by atoms with Gasteiger partial charge < -0.3 is 14.8 Å². The van der Waals surface area contributed by atoms with Gasteiger partial charge in [0.2, 0.25) is 0 Å². The molecular weight excluding hydrogens is 520 g/mol. The van der Waals surface area contributed by atoms with E-state index in [-0.39, 0.29) is 17.1 Å². The van der Waals surface area contributed by atoms with Gasteiger partial charge in [-0.1, -0.05) is 30.3 Å². The van der Waals surface area contributed by atoms with Crippen molar-refractivity contribution in [3.8, 4) is 11.5 Å². The van der Waals surface area contributed by atoms with Crippen LogP contribution in [0.15, 0.2) is 83.8 Å². The molecule has 0 bridgehead atoms. The Balaban J connectivity index is 1.23. The first-order chi connectivity index (χ1) is 18.4. The molecule has 1 aromatic heterocycles. The summed E-state index contributed by atoms with van der Waals surface area (Å²) in [4.78, 5) is 18.1. The fourth-order valence-electron chi connectivity index (χ4n) is 4.47. The maximum atomic E-state index is 13.2. The van der Waals surface area contributed by atoms with Crippen molar-refractivity contribution in [2.45, 2.75) is 36.5 Å². The first-order valence-corrected chi connectivity index (χ1v) is 14.8. The van der Waals surface area contributed by atoms with Gasteiger partial charge in [-0.2, -0.15) is 0 Å². The Hall–Kier alpha value is -3.69. The largest absolute Gasteiger partial charge is 0.469 e. The number of rotatable bonds is 10. The minimum atomic E-state index is -3.66. The SMILES string of the molecule is COC(=O)CC(CS(=O)(=O)c1ccc(Oc2ccc(Nc3nc4c(s3)CCC4)cc2)cc1)c1ccccc1. The second kappa shape index (κ2) is 11.4. The monoisotopic (exact) mass is 548 g/mol. The summed E-state index contributed by atoms with van der Waals surface area (Å²) in [7, 11) is -2.36. The number of hydrogen-bond acceptors (Lipinski definition) is 8. The van der Waals surface area contributed by atoms with E-state index in [0.717, 1.165) is 29.2 Å². The number of benzene rings is 3. The van der Waals surface area contributed by atoms with Crippen molar-refractivity contribution in [1.29, 1.82) is 0 Å². The molecule has 4 aromatic rings. The average molecular weight is 549 g/mol. The average Bonchev–Trinajstić information content (AvgIpc) is 3.52. The molecule has 1 N–H and O–H groups in total. The molecule has 1 unspecified atom stereocenters. The van der Waals surface area contributed by atoms with Gasteiger partial charge in [0.1, 0.15) is 11.5 Å². The zero-order valence-corrected chi connectivity index (χ0v) is 22.6. The van der Waals surface area contributed by atoms with Crippen LogP contribution in [0.25, 0.3) is 0 Å². The van der Waals surface area contributed by atoms with Crippen LogP contribution < -0.4 is 10.1 Å². The molecule has 0 spiro atoms. The molecule has 38 heavy (non-hydrogen) atoms. The summed E-state index contributed by atoms with van der Waals surface area (Å²) >= 11 is 1.71. The molecular formula is C29H28N2O5S2. The molecule has 1 atom stereocenters. The van der Waals surface area contributed by atoms with Gasteiger partial charge in [-0.15, -0.1) is 11.3 Å². The quantitative estimate of drug-likeness (QED) is 0.233. The number of esters is 1. The fraction of sp³-hybridized carbons (Fsp3) is 0.241. The van der Waals surface area contributed by atoms with Crippen LogP contribution in [0.5, 0.6) is 11.5 Å². The highest BCUT2D eigenvalue weighted by Gasteiger charge is 2.25. The Labute approximate surface area is 226 Å². The van der Waals surface area contributed by atoms with Crippen LogP contribution in [-0.4, -0.2) is 32.2 Å². The molecule has 0 saturated carbocycles. The maximum Gasteiger partial charge on any atom is 0.306 e. The number of sulfone groups is 1. The van der Waals surface area contributed by atoms with E-state index in [9.17, 15) is 13.2 Å². The van der Waals surface area contributed by atoms with Gasteiger partial charge >= 0.3 is 5.97 Å². The van der Waals surface area contributed by atoms with Crippen LogP contribution in [0, 0.1) is 0 Å². The molecule has 0 amide bonds. The number of methoxy groups -OCH3 is 1. The first kappa shape index (κ1) is 25.9. The second-order valence-electron chi connectivity index (χ2n) is 9.13. The summed E-state index contributed by atoms with van der Waals surface area (Å²) in [5.41, 5.74) is 2.91. The van der Waals surface area contributed by atoms with E-state index < -0.39 is 21.7 Å². The number of aromatic nitrogens is 1. The number of thiazole rings is 1. The third-order valence-corrected chi connectivity index (χ3v) is 9.36. The van der Waals surface area contributed by atoms with E-state index in [1.165, 1.54) is 36.2 Å². The summed E-state index contributed by atoms with van der Waals surface area (Å²) in [5.74, 6) is -0.00955. The topological polar surface area (TPSA) is 94.6 Å². The zero-order chi connectivity index (χ0) is 26.5. The van der Waals surface area contributed by atoms with Gasteiger partial charge in [-0.25, -0.2) is 13.4 Å². The number of hydrogen-bond donors (Lipinski definition) is 1. The van der Waals surface area contributed by atoms with E-state index in [1.54, 1.807) is 23.5 Å². The van der Waals surface area contributed by atoms with Gasteiger partial charge in [0.15, 0.2) is 15.0 Å². The maximum absolute atomic E-state index is 13.2. The van der Waals surface area contributed by atoms with Crippen molar-refractivity contribution in [3.63, 3.8) is 0 Å². The molecule has 196 valence electrons. The van der Waals surface area contributed by atoms with Crippen molar-refractivity contribution in [2.75, 3.05) is 18.2 Å². The standard InChI is InChI=1S/C29H28N2O5S2/c1-35-28(32)18-21(20-6-3-2-4-7-20)19-38(33,34)25-16-14-24(15-17-25)36-23-12-10-22(11-13-23)30-29-31-26-8-5-9-27(26)37-29/h2-4,6-7,10-17,21H,5,8-9,18-19H2,1H3,(H,30,31). The lowest BCUT2D eigenvalue weighted by Crippen LogP contribution is -2.18. The number of nitrogens with one attached hydrogen (secondary N) is 1. The number of carbonyl (C=O) groups excluding carboxylic acids is 1. The van der Waals surface area contributed by atoms with Crippen LogP contribution >= 0.6 is 11.3 Å². The summed E-state index contributed by atoms with van der Waals surface area (Å²) in [6.45, 7) is 0. The van der Waals surface area contributed by atoms with Crippen LogP contribution in [0.3, 0.4) is 0 Å². The van der Waals surface area contributed by atoms with Crippen molar-refractivity contribution in [1.82, 2.24) is 4.98 Å². The lowest BCUT2D eigenvalue weighted by molar-refractivity contribution is -0.140. The number of anilines is 2. The number of carbonyl (C=O) groups is 1. The van der Waals surface area contributed by atoms with Gasteiger partial charge in [-0.05, 0) is 73.4 Å². The fourth-order valence-corrected chi connectivity index (χ4v) is 7.12. The van der Waals surface area contributed by atoms with E-state index in [4.69, 9.17) is 9.47 Å². The zero-order valence-electron chi connectivity index (χ0n) is 20.9. The minimum absolute atomic E-state index is 0.0172. The normalized spacial score (nSPS) is 13.5. The molecule has 0 saturated heterocycles. The van der Waals surface area contributed by atoms with E-state index in [2.05, 4.69) is 10.3 Å². The molecule has 1 aliphatic rings. The Kier molecular flexibility index (Phi) is 7.76. The van der Waals surface area contributed by atoms with E-state index >= 15 is 0 Å². The van der Waals surface area contributed by atoms with Crippen molar-refractivity contribution in [2.24, 2.45) is 0 Å². The smallest absolute Gasteiger partial charge is 0.306 e. The second-order valence-corrected chi connectivity index (χ2v) is 12.3. The molecule has 0 fully saturated rings. The van der Waals surface area contributed by atoms with Crippen LogP contribution in [0.1, 0.15) is 34.9 Å².